The maximum atomic E-state index is 12.5. The van der Waals surface area contributed by atoms with E-state index in [0.717, 1.165) is 11.3 Å². The van der Waals surface area contributed by atoms with Crippen LogP contribution in [0, 0.1) is 13.8 Å². The predicted molar refractivity (Wildman–Crippen MR) is 96.7 cm³/mol. The lowest BCUT2D eigenvalue weighted by Crippen LogP contribution is -2.06. The van der Waals surface area contributed by atoms with E-state index in [4.69, 9.17) is 4.74 Å². The van der Waals surface area contributed by atoms with Crippen molar-refractivity contribution in [3.05, 3.63) is 59.2 Å². The summed E-state index contributed by atoms with van der Waals surface area (Å²) in [4.78, 5) is 12.5. The second kappa shape index (κ2) is 7.48. The largest absolute Gasteiger partial charge is 0.496 e. The molecule has 0 bridgehead atoms. The number of aryl methyl sites for hydroxylation is 2. The summed E-state index contributed by atoms with van der Waals surface area (Å²) in [5, 5.41) is 12.4. The number of tetrazole rings is 1. The van der Waals surface area contributed by atoms with Crippen molar-refractivity contribution in [3.63, 3.8) is 0 Å². The van der Waals surface area contributed by atoms with Crippen LogP contribution in [0.3, 0.4) is 0 Å². The van der Waals surface area contributed by atoms with E-state index in [9.17, 15) is 4.79 Å². The Morgan fingerprint density at radius 2 is 1.96 bits per heavy atom. The Bertz CT molecular complexity index is 908. The molecule has 0 radical (unpaired) electrons. The van der Waals surface area contributed by atoms with Gasteiger partial charge in [0.25, 0.3) is 0 Å². The maximum Gasteiger partial charge on any atom is 0.214 e. The molecule has 3 rings (SSSR count). The van der Waals surface area contributed by atoms with Crippen LogP contribution in [-0.4, -0.2) is 38.9 Å². The second-order valence-electron chi connectivity index (χ2n) is 5.55. The van der Waals surface area contributed by atoms with Crippen LogP contribution in [0.4, 0.5) is 0 Å². The SMILES string of the molecule is COc1ccccc1C(=O)CSc1nnnn1-c1ccc(C)c(C)c1. The Labute approximate surface area is 150 Å². The third-order valence-electron chi connectivity index (χ3n) is 3.92. The van der Waals surface area contributed by atoms with Crippen LogP contribution in [0.5, 0.6) is 5.75 Å². The smallest absolute Gasteiger partial charge is 0.214 e. The van der Waals surface area contributed by atoms with E-state index < -0.39 is 0 Å². The number of aromatic nitrogens is 4. The van der Waals surface area contributed by atoms with E-state index in [1.807, 2.05) is 37.3 Å². The van der Waals surface area contributed by atoms with Gasteiger partial charge < -0.3 is 4.74 Å². The number of thioether (sulfide) groups is 1. The first kappa shape index (κ1) is 17.2. The molecule has 0 saturated heterocycles. The summed E-state index contributed by atoms with van der Waals surface area (Å²) in [5.74, 6) is 0.768. The first-order valence-electron chi connectivity index (χ1n) is 7.75. The van der Waals surface area contributed by atoms with Crippen LogP contribution in [0.1, 0.15) is 21.5 Å². The maximum absolute atomic E-state index is 12.5. The molecule has 0 aliphatic carbocycles. The lowest BCUT2D eigenvalue weighted by molar-refractivity contribution is 0.101. The highest BCUT2D eigenvalue weighted by Gasteiger charge is 2.15. The van der Waals surface area contributed by atoms with Gasteiger partial charge in [0.05, 0.1) is 24.1 Å². The molecular formula is C18H18N4O2S. The average Bonchev–Trinajstić information content (AvgIpc) is 3.10. The zero-order valence-electron chi connectivity index (χ0n) is 14.3. The van der Waals surface area contributed by atoms with E-state index in [-0.39, 0.29) is 11.5 Å². The fourth-order valence-electron chi connectivity index (χ4n) is 2.37. The molecule has 0 N–H and O–H groups in total. The minimum atomic E-state index is -0.0305. The zero-order valence-corrected chi connectivity index (χ0v) is 15.1. The van der Waals surface area contributed by atoms with Crippen LogP contribution in [0.15, 0.2) is 47.6 Å². The molecule has 0 fully saturated rings. The van der Waals surface area contributed by atoms with E-state index in [1.165, 1.54) is 17.3 Å². The molecule has 128 valence electrons. The molecule has 0 amide bonds. The molecule has 0 saturated carbocycles. The van der Waals surface area contributed by atoms with Crippen molar-refractivity contribution in [1.82, 2.24) is 20.2 Å². The number of methoxy groups -OCH3 is 1. The van der Waals surface area contributed by atoms with Crippen molar-refractivity contribution < 1.29 is 9.53 Å². The number of rotatable bonds is 6. The number of para-hydroxylation sites is 1. The van der Waals surface area contributed by atoms with E-state index in [0.29, 0.717) is 16.5 Å². The van der Waals surface area contributed by atoms with E-state index >= 15 is 0 Å². The normalized spacial score (nSPS) is 10.7. The standard InChI is InChI=1S/C18H18N4O2S/c1-12-8-9-14(10-13(12)2)22-18(19-20-21-22)25-11-16(23)15-6-4-5-7-17(15)24-3/h4-10H,11H2,1-3H3. The number of ketones is 1. The van der Waals surface area contributed by atoms with Gasteiger partial charge in [-0.1, -0.05) is 30.0 Å². The number of hydrogen-bond donors (Lipinski definition) is 0. The monoisotopic (exact) mass is 354 g/mol. The van der Waals surface area contributed by atoms with Crippen LogP contribution in [0.25, 0.3) is 5.69 Å². The van der Waals surface area contributed by atoms with E-state index in [1.54, 1.807) is 23.9 Å². The summed E-state index contributed by atoms with van der Waals surface area (Å²) in [6.45, 7) is 4.10. The van der Waals surface area contributed by atoms with Gasteiger partial charge in [-0.15, -0.1) is 5.10 Å². The number of nitrogens with zero attached hydrogens (tertiary/aromatic N) is 4. The lowest BCUT2D eigenvalue weighted by atomic mass is 10.1. The third-order valence-corrected chi connectivity index (χ3v) is 4.84. The van der Waals surface area contributed by atoms with Crippen molar-refractivity contribution in [2.45, 2.75) is 19.0 Å². The lowest BCUT2D eigenvalue weighted by Gasteiger charge is -2.08. The molecule has 6 nitrogen and oxygen atoms in total. The van der Waals surface area contributed by atoms with Gasteiger partial charge in [-0.25, -0.2) is 0 Å². The molecule has 3 aromatic rings. The van der Waals surface area contributed by atoms with E-state index in [2.05, 4.69) is 22.4 Å². The Balaban J connectivity index is 1.77. The molecule has 25 heavy (non-hydrogen) atoms. The van der Waals surface area contributed by atoms with Crippen molar-refractivity contribution >= 4 is 17.5 Å². The highest BCUT2D eigenvalue weighted by Crippen LogP contribution is 2.24. The predicted octanol–water partition coefficient (Wildman–Crippen LogP) is 3.26. The fraction of sp³-hybridized carbons (Fsp3) is 0.222. The minimum absolute atomic E-state index is 0.0305. The summed E-state index contributed by atoms with van der Waals surface area (Å²) in [6, 6.07) is 13.2. The fourth-order valence-corrected chi connectivity index (χ4v) is 3.15. The number of carbonyl (C=O) groups is 1. The van der Waals surface area contributed by atoms with Crippen molar-refractivity contribution in [2.24, 2.45) is 0 Å². The topological polar surface area (TPSA) is 69.9 Å². The number of benzene rings is 2. The molecular weight excluding hydrogens is 336 g/mol. The van der Waals surface area contributed by atoms with Crippen LogP contribution in [0.2, 0.25) is 0 Å². The first-order valence-corrected chi connectivity index (χ1v) is 8.73. The van der Waals surface area contributed by atoms with Gasteiger partial charge in [0.15, 0.2) is 5.78 Å². The number of ether oxygens (including phenoxy) is 1. The van der Waals surface area contributed by atoms with Gasteiger partial charge in [-0.2, -0.15) is 4.68 Å². The van der Waals surface area contributed by atoms with Gasteiger partial charge in [0, 0.05) is 0 Å². The number of Topliss-reactive ketones (excluding diaryl/α,β-unsaturated/α-hetero) is 1. The summed E-state index contributed by atoms with van der Waals surface area (Å²) in [6.07, 6.45) is 0. The van der Waals surface area contributed by atoms with Crippen molar-refractivity contribution in [2.75, 3.05) is 12.9 Å². The highest BCUT2D eigenvalue weighted by atomic mass is 32.2. The van der Waals surface area contributed by atoms with Crippen LogP contribution < -0.4 is 4.74 Å². The van der Waals surface area contributed by atoms with Crippen molar-refractivity contribution in [1.29, 1.82) is 0 Å². The van der Waals surface area contributed by atoms with Gasteiger partial charge in [0.2, 0.25) is 5.16 Å². The van der Waals surface area contributed by atoms with Gasteiger partial charge in [0.1, 0.15) is 5.75 Å². The molecule has 7 heteroatoms. The average molecular weight is 354 g/mol. The Hall–Kier alpha value is -2.67. The Morgan fingerprint density at radius 3 is 2.72 bits per heavy atom. The zero-order chi connectivity index (χ0) is 17.8. The van der Waals surface area contributed by atoms with Gasteiger partial charge in [-0.05, 0) is 59.7 Å². The molecule has 0 spiro atoms. The molecule has 0 atom stereocenters. The Kier molecular flexibility index (Phi) is 5.14. The number of hydrogen-bond acceptors (Lipinski definition) is 6. The molecule has 1 heterocycles. The minimum Gasteiger partial charge on any atom is -0.496 e. The molecule has 2 aromatic carbocycles. The van der Waals surface area contributed by atoms with Gasteiger partial charge in [-0.3, -0.25) is 4.79 Å². The molecule has 0 unspecified atom stereocenters. The second-order valence-corrected chi connectivity index (χ2v) is 6.50. The van der Waals surface area contributed by atoms with Gasteiger partial charge >= 0.3 is 0 Å². The van der Waals surface area contributed by atoms with Crippen LogP contribution in [-0.2, 0) is 0 Å². The Morgan fingerprint density at radius 1 is 1.16 bits per heavy atom. The summed E-state index contributed by atoms with van der Waals surface area (Å²) >= 11 is 1.30. The van der Waals surface area contributed by atoms with Crippen LogP contribution >= 0.6 is 11.8 Å². The molecule has 0 aliphatic heterocycles. The highest BCUT2D eigenvalue weighted by molar-refractivity contribution is 7.99. The molecule has 1 aromatic heterocycles. The first-order chi connectivity index (χ1) is 12.1. The molecule has 0 aliphatic rings. The van der Waals surface area contributed by atoms with Crippen molar-refractivity contribution in [3.8, 4) is 11.4 Å². The third kappa shape index (κ3) is 3.71. The summed E-state index contributed by atoms with van der Waals surface area (Å²) < 4.78 is 6.89. The summed E-state index contributed by atoms with van der Waals surface area (Å²) in [7, 11) is 1.56. The number of carbonyl (C=O) groups excluding carboxylic acids is 1. The quantitative estimate of drug-likeness (QED) is 0.500. The summed E-state index contributed by atoms with van der Waals surface area (Å²) in [5.41, 5.74) is 3.80.